The predicted octanol–water partition coefficient (Wildman–Crippen LogP) is 1.60. The molecule has 4 nitrogen and oxygen atoms in total. The van der Waals surface area contributed by atoms with Crippen LogP contribution in [0.3, 0.4) is 0 Å². The standard InChI is InChI=1S/C9H8N4S/c10-7-2-1-3-9(13-7)14-8-4-5-11-6-12-8/h1-6H,(H2,10,13). The van der Waals surface area contributed by atoms with Crippen molar-refractivity contribution in [1.82, 2.24) is 15.0 Å². The minimum atomic E-state index is 0.518. The summed E-state index contributed by atoms with van der Waals surface area (Å²) in [4.78, 5) is 12.1. The van der Waals surface area contributed by atoms with Crippen molar-refractivity contribution in [3.05, 3.63) is 36.8 Å². The molecular formula is C9H8N4S. The highest BCUT2D eigenvalue weighted by molar-refractivity contribution is 7.99. The normalized spacial score (nSPS) is 10.0. The van der Waals surface area contributed by atoms with Crippen molar-refractivity contribution < 1.29 is 0 Å². The van der Waals surface area contributed by atoms with E-state index in [4.69, 9.17) is 5.73 Å². The van der Waals surface area contributed by atoms with Crippen molar-refractivity contribution in [2.75, 3.05) is 5.73 Å². The molecule has 0 saturated heterocycles. The van der Waals surface area contributed by atoms with Crippen LogP contribution in [0.15, 0.2) is 46.8 Å². The summed E-state index contributed by atoms with van der Waals surface area (Å²) in [5.41, 5.74) is 5.56. The third-order valence-electron chi connectivity index (χ3n) is 1.51. The van der Waals surface area contributed by atoms with Crippen molar-refractivity contribution in [3.8, 4) is 0 Å². The molecule has 0 amide bonds. The van der Waals surface area contributed by atoms with Gasteiger partial charge in [-0.1, -0.05) is 6.07 Å². The number of hydrogen-bond donors (Lipinski definition) is 1. The minimum Gasteiger partial charge on any atom is -0.384 e. The van der Waals surface area contributed by atoms with Gasteiger partial charge >= 0.3 is 0 Å². The Morgan fingerprint density at radius 3 is 2.79 bits per heavy atom. The highest BCUT2D eigenvalue weighted by atomic mass is 32.2. The van der Waals surface area contributed by atoms with Gasteiger partial charge in [0, 0.05) is 6.20 Å². The Labute approximate surface area is 85.6 Å². The van der Waals surface area contributed by atoms with Gasteiger partial charge in [0.15, 0.2) is 0 Å². The van der Waals surface area contributed by atoms with E-state index in [1.165, 1.54) is 18.1 Å². The summed E-state index contributed by atoms with van der Waals surface area (Å²) in [6.45, 7) is 0. The Hall–Kier alpha value is -1.62. The van der Waals surface area contributed by atoms with E-state index in [2.05, 4.69) is 15.0 Å². The monoisotopic (exact) mass is 204 g/mol. The van der Waals surface area contributed by atoms with Gasteiger partial charge in [0.1, 0.15) is 22.2 Å². The quantitative estimate of drug-likeness (QED) is 0.753. The van der Waals surface area contributed by atoms with Gasteiger partial charge in [-0.25, -0.2) is 15.0 Å². The molecule has 0 spiro atoms. The SMILES string of the molecule is Nc1cccc(Sc2ccncn2)n1. The number of aromatic nitrogens is 3. The van der Waals surface area contributed by atoms with Crippen LogP contribution in [-0.4, -0.2) is 15.0 Å². The van der Waals surface area contributed by atoms with Crippen LogP contribution in [0.2, 0.25) is 0 Å². The van der Waals surface area contributed by atoms with Gasteiger partial charge in [-0.15, -0.1) is 0 Å². The minimum absolute atomic E-state index is 0.518. The second kappa shape index (κ2) is 4.06. The lowest BCUT2D eigenvalue weighted by atomic mass is 10.5. The molecule has 0 atom stereocenters. The molecule has 0 fully saturated rings. The van der Waals surface area contributed by atoms with Crippen LogP contribution in [0, 0.1) is 0 Å². The van der Waals surface area contributed by atoms with E-state index in [0.717, 1.165) is 10.1 Å². The first-order valence-corrected chi connectivity index (χ1v) is 4.82. The Bertz CT molecular complexity index is 418. The zero-order valence-electron chi connectivity index (χ0n) is 7.29. The van der Waals surface area contributed by atoms with Gasteiger partial charge in [-0.2, -0.15) is 0 Å². The summed E-state index contributed by atoms with van der Waals surface area (Å²) in [6.07, 6.45) is 3.20. The molecule has 0 unspecified atom stereocenters. The Balaban J connectivity index is 2.19. The van der Waals surface area contributed by atoms with Gasteiger partial charge < -0.3 is 5.73 Å². The third-order valence-corrected chi connectivity index (χ3v) is 2.40. The zero-order valence-corrected chi connectivity index (χ0v) is 8.11. The first kappa shape index (κ1) is 8.96. The van der Waals surface area contributed by atoms with E-state index in [-0.39, 0.29) is 0 Å². The lowest BCUT2D eigenvalue weighted by molar-refractivity contribution is 1.04. The van der Waals surface area contributed by atoms with Gasteiger partial charge in [-0.05, 0) is 30.0 Å². The summed E-state index contributed by atoms with van der Waals surface area (Å²) >= 11 is 1.46. The summed E-state index contributed by atoms with van der Waals surface area (Å²) in [7, 11) is 0. The van der Waals surface area contributed by atoms with Crippen LogP contribution in [0.25, 0.3) is 0 Å². The molecule has 0 aliphatic rings. The fourth-order valence-corrected chi connectivity index (χ4v) is 1.67. The van der Waals surface area contributed by atoms with Crippen LogP contribution in [-0.2, 0) is 0 Å². The van der Waals surface area contributed by atoms with E-state index in [0.29, 0.717) is 5.82 Å². The largest absolute Gasteiger partial charge is 0.384 e. The van der Waals surface area contributed by atoms with E-state index in [1.54, 1.807) is 12.3 Å². The maximum atomic E-state index is 5.56. The predicted molar refractivity (Wildman–Crippen MR) is 54.8 cm³/mol. The Kier molecular flexibility index (Phi) is 2.60. The maximum Gasteiger partial charge on any atom is 0.124 e. The molecule has 0 saturated carbocycles. The fraction of sp³-hybridized carbons (Fsp3) is 0. The first-order valence-electron chi connectivity index (χ1n) is 4.01. The van der Waals surface area contributed by atoms with E-state index in [9.17, 15) is 0 Å². The molecular weight excluding hydrogens is 196 g/mol. The molecule has 2 aromatic heterocycles. The molecule has 2 rings (SSSR count). The summed E-state index contributed by atoms with van der Waals surface area (Å²) in [5, 5.41) is 1.70. The van der Waals surface area contributed by atoms with Gasteiger partial charge in [0.2, 0.25) is 0 Å². The lowest BCUT2D eigenvalue weighted by Gasteiger charge is -1.99. The number of hydrogen-bond acceptors (Lipinski definition) is 5. The van der Waals surface area contributed by atoms with Crippen molar-refractivity contribution in [2.45, 2.75) is 10.1 Å². The number of nitrogen functional groups attached to an aromatic ring is 1. The number of nitrogens with two attached hydrogens (primary N) is 1. The van der Waals surface area contributed by atoms with Crippen molar-refractivity contribution in [2.24, 2.45) is 0 Å². The lowest BCUT2D eigenvalue weighted by Crippen LogP contribution is -1.90. The number of anilines is 1. The Morgan fingerprint density at radius 2 is 2.07 bits per heavy atom. The van der Waals surface area contributed by atoms with Crippen LogP contribution < -0.4 is 5.73 Å². The topological polar surface area (TPSA) is 64.7 Å². The number of pyridine rings is 1. The number of nitrogens with zero attached hydrogens (tertiary/aromatic N) is 3. The molecule has 0 radical (unpaired) electrons. The molecule has 0 aliphatic carbocycles. The summed E-state index contributed by atoms with van der Waals surface area (Å²) < 4.78 is 0. The van der Waals surface area contributed by atoms with Crippen LogP contribution in [0.4, 0.5) is 5.82 Å². The molecule has 0 aromatic carbocycles. The Morgan fingerprint density at radius 1 is 1.14 bits per heavy atom. The van der Waals surface area contributed by atoms with Crippen molar-refractivity contribution >= 4 is 17.6 Å². The molecule has 2 aromatic rings. The van der Waals surface area contributed by atoms with Crippen LogP contribution >= 0.6 is 11.8 Å². The highest BCUT2D eigenvalue weighted by Gasteiger charge is 1.99. The molecule has 2 heterocycles. The van der Waals surface area contributed by atoms with E-state index >= 15 is 0 Å². The van der Waals surface area contributed by atoms with E-state index < -0.39 is 0 Å². The van der Waals surface area contributed by atoms with Crippen molar-refractivity contribution in [3.63, 3.8) is 0 Å². The molecule has 0 aliphatic heterocycles. The third kappa shape index (κ3) is 2.20. The average molecular weight is 204 g/mol. The second-order valence-electron chi connectivity index (χ2n) is 2.55. The van der Waals surface area contributed by atoms with Crippen molar-refractivity contribution in [1.29, 1.82) is 0 Å². The highest BCUT2D eigenvalue weighted by Crippen LogP contribution is 2.23. The maximum absolute atomic E-state index is 5.56. The van der Waals surface area contributed by atoms with E-state index in [1.807, 2.05) is 18.2 Å². The molecule has 70 valence electrons. The second-order valence-corrected chi connectivity index (χ2v) is 3.59. The molecule has 5 heteroatoms. The first-order chi connectivity index (χ1) is 6.84. The molecule has 0 bridgehead atoms. The summed E-state index contributed by atoms with van der Waals surface area (Å²) in [5.74, 6) is 0.518. The summed E-state index contributed by atoms with van der Waals surface area (Å²) in [6, 6.07) is 7.34. The molecule has 14 heavy (non-hydrogen) atoms. The van der Waals surface area contributed by atoms with Gasteiger partial charge in [0.25, 0.3) is 0 Å². The molecule has 2 N–H and O–H groups in total. The zero-order chi connectivity index (χ0) is 9.80. The average Bonchev–Trinajstić information content (AvgIpc) is 2.19. The smallest absolute Gasteiger partial charge is 0.124 e. The number of rotatable bonds is 2. The van der Waals surface area contributed by atoms with Crippen LogP contribution in [0.1, 0.15) is 0 Å². The van der Waals surface area contributed by atoms with Crippen LogP contribution in [0.5, 0.6) is 0 Å². The van der Waals surface area contributed by atoms with Gasteiger partial charge in [0.05, 0.1) is 0 Å². The fourth-order valence-electron chi connectivity index (χ4n) is 0.934. The van der Waals surface area contributed by atoms with Gasteiger partial charge in [-0.3, -0.25) is 0 Å².